The molecule has 0 saturated heterocycles. The minimum absolute atomic E-state index is 0.876. The Balaban J connectivity index is 1.88. The maximum absolute atomic E-state index is 5.76. The van der Waals surface area contributed by atoms with Crippen molar-refractivity contribution in [1.82, 2.24) is 0 Å². The highest BCUT2D eigenvalue weighted by Gasteiger charge is 2.22. The van der Waals surface area contributed by atoms with Gasteiger partial charge in [0, 0.05) is 13.2 Å². The Morgan fingerprint density at radius 3 is 2.47 bits per heavy atom. The molecule has 0 radical (unpaired) electrons. The first-order valence-corrected chi connectivity index (χ1v) is 6.94. The molecule has 90 valence electrons. The molecule has 2 unspecified atom stereocenters. The van der Waals surface area contributed by atoms with E-state index in [1.807, 2.05) is 0 Å². The van der Waals surface area contributed by atoms with Gasteiger partial charge in [0.05, 0.1) is 0 Å². The van der Waals surface area contributed by atoms with E-state index in [1.165, 1.54) is 51.4 Å². The molecule has 1 fully saturated rings. The summed E-state index contributed by atoms with van der Waals surface area (Å²) in [5, 5.41) is 0. The number of hydrogen-bond donors (Lipinski definition) is 0. The second-order valence-corrected chi connectivity index (χ2v) is 5.09. The lowest BCUT2D eigenvalue weighted by Gasteiger charge is -2.10. The molecule has 0 spiro atoms. The zero-order chi connectivity index (χ0) is 10.9. The molecular formula is C14H28O. The summed E-state index contributed by atoms with van der Waals surface area (Å²) in [4.78, 5) is 0. The van der Waals surface area contributed by atoms with E-state index in [0.29, 0.717) is 0 Å². The molecule has 0 aromatic heterocycles. The summed E-state index contributed by atoms with van der Waals surface area (Å²) in [5.41, 5.74) is 0. The second kappa shape index (κ2) is 8.15. The van der Waals surface area contributed by atoms with E-state index in [4.69, 9.17) is 4.74 Å². The first kappa shape index (κ1) is 13.0. The molecule has 0 bridgehead atoms. The average molecular weight is 212 g/mol. The zero-order valence-corrected chi connectivity index (χ0v) is 10.6. The largest absolute Gasteiger partial charge is 0.381 e. The molecule has 0 N–H and O–H groups in total. The van der Waals surface area contributed by atoms with Crippen molar-refractivity contribution >= 4 is 0 Å². The molecule has 1 rings (SSSR count). The molecule has 1 saturated carbocycles. The summed E-state index contributed by atoms with van der Waals surface area (Å²) in [6.45, 7) is 6.60. The van der Waals surface area contributed by atoms with Crippen LogP contribution in [0.15, 0.2) is 0 Å². The van der Waals surface area contributed by atoms with Crippen molar-refractivity contribution in [1.29, 1.82) is 0 Å². The summed E-state index contributed by atoms with van der Waals surface area (Å²) < 4.78 is 5.76. The summed E-state index contributed by atoms with van der Waals surface area (Å²) in [7, 11) is 0. The van der Waals surface area contributed by atoms with Crippen LogP contribution in [-0.4, -0.2) is 13.2 Å². The fourth-order valence-electron chi connectivity index (χ4n) is 2.58. The Labute approximate surface area is 95.6 Å². The molecule has 1 nitrogen and oxygen atoms in total. The van der Waals surface area contributed by atoms with E-state index in [0.717, 1.165) is 25.0 Å². The molecule has 2 atom stereocenters. The van der Waals surface area contributed by atoms with Gasteiger partial charge < -0.3 is 4.74 Å². The van der Waals surface area contributed by atoms with Gasteiger partial charge in [-0.3, -0.25) is 0 Å². The maximum atomic E-state index is 5.76. The molecule has 0 amide bonds. The Bertz CT molecular complexity index is 144. The van der Waals surface area contributed by atoms with Crippen LogP contribution >= 0.6 is 0 Å². The first-order valence-electron chi connectivity index (χ1n) is 6.94. The third-order valence-electron chi connectivity index (χ3n) is 3.72. The van der Waals surface area contributed by atoms with Gasteiger partial charge in [0.1, 0.15) is 0 Å². The number of hydrogen-bond acceptors (Lipinski definition) is 1. The molecule has 0 aromatic rings. The van der Waals surface area contributed by atoms with E-state index < -0.39 is 0 Å². The predicted molar refractivity (Wildman–Crippen MR) is 66.1 cm³/mol. The van der Waals surface area contributed by atoms with Crippen LogP contribution in [0.25, 0.3) is 0 Å². The number of ether oxygens (including phenoxy) is 1. The van der Waals surface area contributed by atoms with Crippen LogP contribution in [0.5, 0.6) is 0 Å². The van der Waals surface area contributed by atoms with E-state index in [2.05, 4.69) is 13.8 Å². The molecule has 1 aliphatic carbocycles. The average Bonchev–Trinajstić information content (AvgIpc) is 2.71. The maximum Gasteiger partial charge on any atom is 0.0494 e. The van der Waals surface area contributed by atoms with E-state index in [1.54, 1.807) is 0 Å². The topological polar surface area (TPSA) is 9.23 Å². The lowest BCUT2D eigenvalue weighted by atomic mass is 10.0. The van der Waals surface area contributed by atoms with Crippen molar-refractivity contribution in [2.45, 2.75) is 65.2 Å². The quantitative estimate of drug-likeness (QED) is 0.542. The molecular weight excluding hydrogens is 184 g/mol. The van der Waals surface area contributed by atoms with Crippen LogP contribution in [0.1, 0.15) is 65.2 Å². The van der Waals surface area contributed by atoms with Gasteiger partial charge in [0.2, 0.25) is 0 Å². The Morgan fingerprint density at radius 1 is 1.00 bits per heavy atom. The summed E-state index contributed by atoms with van der Waals surface area (Å²) in [5.74, 6) is 1.87. The fraction of sp³-hybridized carbons (Fsp3) is 1.00. The Kier molecular flexibility index (Phi) is 7.08. The monoisotopic (exact) mass is 212 g/mol. The SMILES string of the molecule is CCCCCCOCC1CCC(CC)C1. The van der Waals surface area contributed by atoms with Gasteiger partial charge in [-0.1, -0.05) is 46.0 Å². The second-order valence-electron chi connectivity index (χ2n) is 5.09. The van der Waals surface area contributed by atoms with Gasteiger partial charge in [-0.2, -0.15) is 0 Å². The minimum atomic E-state index is 0.876. The van der Waals surface area contributed by atoms with Gasteiger partial charge in [0.15, 0.2) is 0 Å². The van der Waals surface area contributed by atoms with E-state index in [9.17, 15) is 0 Å². The fourth-order valence-corrected chi connectivity index (χ4v) is 2.58. The predicted octanol–water partition coefficient (Wildman–Crippen LogP) is 4.41. The minimum Gasteiger partial charge on any atom is -0.381 e. The molecule has 1 aliphatic rings. The van der Waals surface area contributed by atoms with Crippen molar-refractivity contribution in [3.63, 3.8) is 0 Å². The van der Waals surface area contributed by atoms with Crippen LogP contribution in [0.3, 0.4) is 0 Å². The normalized spacial score (nSPS) is 26.0. The molecule has 15 heavy (non-hydrogen) atoms. The van der Waals surface area contributed by atoms with E-state index in [-0.39, 0.29) is 0 Å². The summed E-state index contributed by atoms with van der Waals surface area (Å²) >= 11 is 0. The van der Waals surface area contributed by atoms with Crippen molar-refractivity contribution in [2.75, 3.05) is 13.2 Å². The van der Waals surface area contributed by atoms with Crippen molar-refractivity contribution in [2.24, 2.45) is 11.8 Å². The summed E-state index contributed by atoms with van der Waals surface area (Å²) in [6.07, 6.45) is 10.9. The van der Waals surface area contributed by atoms with Crippen LogP contribution in [0, 0.1) is 11.8 Å². The van der Waals surface area contributed by atoms with Crippen molar-refractivity contribution < 1.29 is 4.74 Å². The van der Waals surface area contributed by atoms with Gasteiger partial charge in [-0.15, -0.1) is 0 Å². The Hall–Kier alpha value is -0.0400. The van der Waals surface area contributed by atoms with Crippen LogP contribution in [0.4, 0.5) is 0 Å². The highest BCUT2D eigenvalue weighted by molar-refractivity contribution is 4.74. The van der Waals surface area contributed by atoms with Crippen molar-refractivity contribution in [3.05, 3.63) is 0 Å². The molecule has 0 aliphatic heterocycles. The smallest absolute Gasteiger partial charge is 0.0494 e. The lowest BCUT2D eigenvalue weighted by Crippen LogP contribution is -2.07. The number of rotatable bonds is 8. The highest BCUT2D eigenvalue weighted by atomic mass is 16.5. The third-order valence-corrected chi connectivity index (χ3v) is 3.72. The molecule has 0 heterocycles. The third kappa shape index (κ3) is 5.55. The molecule has 1 heteroatoms. The standard InChI is InChI=1S/C14H28O/c1-3-5-6-7-10-15-12-14-9-8-13(4-2)11-14/h13-14H,3-12H2,1-2H3. The van der Waals surface area contributed by atoms with Gasteiger partial charge >= 0.3 is 0 Å². The lowest BCUT2D eigenvalue weighted by molar-refractivity contribution is 0.0965. The molecule has 0 aromatic carbocycles. The zero-order valence-electron chi connectivity index (χ0n) is 10.6. The van der Waals surface area contributed by atoms with E-state index >= 15 is 0 Å². The first-order chi connectivity index (χ1) is 7.36. The number of unbranched alkanes of at least 4 members (excludes halogenated alkanes) is 3. The van der Waals surface area contributed by atoms with Gasteiger partial charge in [-0.05, 0) is 31.1 Å². The van der Waals surface area contributed by atoms with Crippen molar-refractivity contribution in [3.8, 4) is 0 Å². The van der Waals surface area contributed by atoms with Gasteiger partial charge in [-0.25, -0.2) is 0 Å². The Morgan fingerprint density at radius 2 is 1.80 bits per heavy atom. The van der Waals surface area contributed by atoms with Crippen LogP contribution in [0.2, 0.25) is 0 Å². The highest BCUT2D eigenvalue weighted by Crippen LogP contribution is 2.32. The van der Waals surface area contributed by atoms with Crippen LogP contribution < -0.4 is 0 Å². The van der Waals surface area contributed by atoms with Gasteiger partial charge in [0.25, 0.3) is 0 Å². The summed E-state index contributed by atoms with van der Waals surface area (Å²) in [6, 6.07) is 0. The van der Waals surface area contributed by atoms with Crippen LogP contribution in [-0.2, 0) is 4.74 Å².